The van der Waals surface area contributed by atoms with E-state index in [0.29, 0.717) is 0 Å². The molecule has 1 aromatic carbocycles. The van der Waals surface area contributed by atoms with Gasteiger partial charge in [0.05, 0.1) is 17.1 Å². The van der Waals surface area contributed by atoms with Crippen molar-refractivity contribution in [2.75, 3.05) is 11.4 Å². The molecule has 4 rings (SSSR count). The van der Waals surface area contributed by atoms with Crippen LogP contribution in [0.3, 0.4) is 0 Å². The molecule has 1 aromatic heterocycles. The zero-order valence-electron chi connectivity index (χ0n) is 13.5. The van der Waals surface area contributed by atoms with Gasteiger partial charge < -0.3 is 4.90 Å². The molecule has 0 saturated heterocycles. The van der Waals surface area contributed by atoms with Crippen molar-refractivity contribution >= 4 is 15.7 Å². The van der Waals surface area contributed by atoms with Crippen LogP contribution < -0.4 is 10.0 Å². The average molecular weight is 343 g/mol. The number of aromatic nitrogens is 1. The Balaban J connectivity index is 1.67. The van der Waals surface area contributed by atoms with E-state index < -0.39 is 10.0 Å². The lowest BCUT2D eigenvalue weighted by molar-refractivity contribution is 0.598. The molecule has 0 unspecified atom stereocenters. The number of nitrogens with two attached hydrogens (primary N) is 1. The summed E-state index contributed by atoms with van der Waals surface area (Å²) in [6, 6.07) is 7.31. The number of pyridine rings is 1. The molecule has 0 radical (unpaired) electrons. The van der Waals surface area contributed by atoms with Gasteiger partial charge in [0.15, 0.2) is 0 Å². The van der Waals surface area contributed by atoms with Gasteiger partial charge in [-0.1, -0.05) is 6.07 Å². The van der Waals surface area contributed by atoms with Gasteiger partial charge in [0.1, 0.15) is 0 Å². The van der Waals surface area contributed by atoms with E-state index in [1.54, 1.807) is 12.1 Å². The Bertz CT molecular complexity index is 893. The van der Waals surface area contributed by atoms with Gasteiger partial charge in [-0.25, -0.2) is 13.6 Å². The molecule has 2 aromatic rings. The highest BCUT2D eigenvalue weighted by atomic mass is 32.2. The zero-order valence-corrected chi connectivity index (χ0v) is 14.3. The highest BCUT2D eigenvalue weighted by Crippen LogP contribution is 2.32. The molecular weight excluding hydrogens is 322 g/mol. The van der Waals surface area contributed by atoms with Crippen LogP contribution in [0.1, 0.15) is 35.2 Å². The maximum Gasteiger partial charge on any atom is 0.238 e. The Labute approximate surface area is 142 Å². The zero-order chi connectivity index (χ0) is 16.7. The van der Waals surface area contributed by atoms with Gasteiger partial charge in [-0.3, -0.25) is 4.98 Å². The summed E-state index contributed by atoms with van der Waals surface area (Å²) in [5, 5.41) is 5.28. The van der Waals surface area contributed by atoms with Gasteiger partial charge in [0, 0.05) is 18.4 Å². The molecule has 0 atom stereocenters. The van der Waals surface area contributed by atoms with Crippen LogP contribution in [0.5, 0.6) is 0 Å². The van der Waals surface area contributed by atoms with Crippen molar-refractivity contribution in [1.82, 2.24) is 4.98 Å². The molecule has 0 fully saturated rings. The number of aryl methyl sites for hydroxylation is 1. The Kier molecular flexibility index (Phi) is 3.81. The van der Waals surface area contributed by atoms with Crippen molar-refractivity contribution in [2.45, 2.75) is 43.5 Å². The molecule has 2 aliphatic rings. The molecule has 0 bridgehead atoms. The van der Waals surface area contributed by atoms with Crippen LogP contribution in [0, 0.1) is 0 Å². The van der Waals surface area contributed by atoms with Crippen LogP contribution in [0.25, 0.3) is 0 Å². The molecule has 0 saturated carbocycles. The van der Waals surface area contributed by atoms with Crippen molar-refractivity contribution < 1.29 is 8.42 Å². The highest BCUT2D eigenvalue weighted by Gasteiger charge is 2.24. The van der Waals surface area contributed by atoms with Crippen LogP contribution in [0.15, 0.2) is 35.4 Å². The second kappa shape index (κ2) is 5.86. The van der Waals surface area contributed by atoms with Crippen molar-refractivity contribution in [3.05, 3.63) is 52.8 Å². The minimum atomic E-state index is -3.68. The second-order valence-electron chi connectivity index (χ2n) is 6.61. The van der Waals surface area contributed by atoms with Crippen LogP contribution in [0.2, 0.25) is 0 Å². The van der Waals surface area contributed by atoms with Crippen molar-refractivity contribution in [1.29, 1.82) is 0 Å². The second-order valence-corrected chi connectivity index (χ2v) is 8.17. The van der Waals surface area contributed by atoms with E-state index in [9.17, 15) is 8.42 Å². The van der Waals surface area contributed by atoms with E-state index in [1.165, 1.54) is 29.5 Å². The molecule has 2 heterocycles. The first-order chi connectivity index (χ1) is 11.5. The molecule has 5 nitrogen and oxygen atoms in total. The number of fused-ring (bicyclic) bond motifs is 2. The summed E-state index contributed by atoms with van der Waals surface area (Å²) in [6.45, 7) is 1.61. The summed E-state index contributed by atoms with van der Waals surface area (Å²) >= 11 is 0. The summed E-state index contributed by atoms with van der Waals surface area (Å²) < 4.78 is 23.3. The van der Waals surface area contributed by atoms with Crippen molar-refractivity contribution in [2.24, 2.45) is 5.14 Å². The van der Waals surface area contributed by atoms with Gasteiger partial charge in [-0.2, -0.15) is 0 Å². The Morgan fingerprint density at radius 1 is 1.08 bits per heavy atom. The SMILES string of the molecule is NS(=O)(=O)c1ccc2c(c1)N(Cc1nccc3c1CCCC3)CC2. The fourth-order valence-corrected chi connectivity index (χ4v) is 4.35. The number of benzene rings is 1. The first-order valence-electron chi connectivity index (χ1n) is 8.39. The molecule has 6 heteroatoms. The molecule has 1 aliphatic heterocycles. The van der Waals surface area contributed by atoms with E-state index in [1.807, 2.05) is 12.3 Å². The lowest BCUT2D eigenvalue weighted by atomic mass is 9.91. The molecule has 2 N–H and O–H groups in total. The van der Waals surface area contributed by atoms with Crippen LogP contribution in [-0.4, -0.2) is 19.9 Å². The van der Waals surface area contributed by atoms with Crippen LogP contribution >= 0.6 is 0 Å². The molecule has 0 spiro atoms. The van der Waals surface area contributed by atoms with Gasteiger partial charge in [-0.15, -0.1) is 0 Å². The Morgan fingerprint density at radius 3 is 2.75 bits per heavy atom. The summed E-state index contributed by atoms with van der Waals surface area (Å²) in [6.07, 6.45) is 7.53. The standard InChI is InChI=1S/C18H21N3O2S/c19-24(22,23)15-6-5-14-8-10-21(18(14)11-15)12-17-16-4-2-1-3-13(16)7-9-20-17/h5-7,9,11H,1-4,8,10,12H2,(H2,19,22,23). The number of primary sulfonamides is 1. The van der Waals surface area contributed by atoms with Gasteiger partial charge in [0.2, 0.25) is 10.0 Å². The maximum absolute atomic E-state index is 11.6. The van der Waals surface area contributed by atoms with Gasteiger partial charge >= 0.3 is 0 Å². The van der Waals surface area contributed by atoms with Gasteiger partial charge in [-0.05, 0) is 67.0 Å². The average Bonchev–Trinajstić information content (AvgIpc) is 2.97. The minimum absolute atomic E-state index is 0.177. The summed E-state index contributed by atoms with van der Waals surface area (Å²) in [4.78, 5) is 7.02. The summed E-state index contributed by atoms with van der Waals surface area (Å²) in [5.41, 5.74) is 6.08. The summed E-state index contributed by atoms with van der Waals surface area (Å²) in [5.74, 6) is 0. The van der Waals surface area contributed by atoms with Crippen molar-refractivity contribution in [3.63, 3.8) is 0 Å². The lowest BCUT2D eigenvalue weighted by Gasteiger charge is -2.24. The topological polar surface area (TPSA) is 76.3 Å². The number of anilines is 1. The lowest BCUT2D eigenvalue weighted by Crippen LogP contribution is -2.23. The number of nitrogens with zero attached hydrogens (tertiary/aromatic N) is 2. The quantitative estimate of drug-likeness (QED) is 0.927. The van der Waals surface area contributed by atoms with E-state index in [-0.39, 0.29) is 4.90 Å². The number of sulfonamides is 1. The van der Waals surface area contributed by atoms with E-state index in [2.05, 4.69) is 16.0 Å². The first kappa shape index (κ1) is 15.6. The molecular formula is C18H21N3O2S. The largest absolute Gasteiger partial charge is 0.365 e. The monoisotopic (exact) mass is 343 g/mol. The van der Waals surface area contributed by atoms with E-state index in [0.717, 1.165) is 43.7 Å². The van der Waals surface area contributed by atoms with Gasteiger partial charge in [0.25, 0.3) is 0 Å². The third-order valence-corrected chi connectivity index (χ3v) is 5.99. The number of hydrogen-bond acceptors (Lipinski definition) is 4. The molecule has 1 aliphatic carbocycles. The highest BCUT2D eigenvalue weighted by molar-refractivity contribution is 7.89. The number of rotatable bonds is 3. The van der Waals surface area contributed by atoms with Crippen LogP contribution in [-0.2, 0) is 35.8 Å². The summed E-state index contributed by atoms with van der Waals surface area (Å²) in [7, 11) is -3.68. The minimum Gasteiger partial charge on any atom is -0.365 e. The Morgan fingerprint density at radius 2 is 1.92 bits per heavy atom. The smallest absolute Gasteiger partial charge is 0.238 e. The molecule has 24 heavy (non-hydrogen) atoms. The molecule has 126 valence electrons. The van der Waals surface area contributed by atoms with E-state index >= 15 is 0 Å². The third-order valence-electron chi connectivity index (χ3n) is 5.08. The van der Waals surface area contributed by atoms with Crippen molar-refractivity contribution in [3.8, 4) is 0 Å². The molecule has 0 amide bonds. The predicted octanol–water partition coefficient (Wildman–Crippen LogP) is 2.17. The first-order valence-corrected chi connectivity index (χ1v) is 9.93. The Hall–Kier alpha value is -1.92. The fraction of sp³-hybridized carbons (Fsp3) is 0.389. The van der Waals surface area contributed by atoms with Crippen LogP contribution in [0.4, 0.5) is 5.69 Å². The fourth-order valence-electron chi connectivity index (χ4n) is 3.82. The maximum atomic E-state index is 11.6. The predicted molar refractivity (Wildman–Crippen MR) is 93.4 cm³/mol. The third kappa shape index (κ3) is 2.80. The normalized spacial score (nSPS) is 16.8. The van der Waals surface area contributed by atoms with E-state index in [4.69, 9.17) is 5.14 Å². The number of hydrogen-bond donors (Lipinski definition) is 1.